The minimum atomic E-state index is 0.201. The number of rotatable bonds is 8. The molecule has 0 aliphatic carbocycles. The number of anilines is 2. The molecule has 0 saturated carbocycles. The molecule has 0 amide bonds. The van der Waals surface area contributed by atoms with Crippen molar-refractivity contribution in [1.29, 1.82) is 0 Å². The molecule has 0 radical (unpaired) electrons. The normalized spacial score (nSPS) is 14.9. The second kappa shape index (κ2) is 10.9. The van der Waals surface area contributed by atoms with Crippen molar-refractivity contribution < 1.29 is 9.47 Å². The van der Waals surface area contributed by atoms with E-state index in [2.05, 4.69) is 136 Å². The number of nitrogens with zero attached hydrogens (tertiary/aromatic N) is 2. The zero-order valence-electron chi connectivity index (χ0n) is 21.7. The third kappa shape index (κ3) is 4.53. The molecule has 0 fully saturated rings. The Balaban J connectivity index is 1.37. The van der Waals surface area contributed by atoms with Crippen LogP contribution in [0.3, 0.4) is 0 Å². The van der Waals surface area contributed by atoms with Gasteiger partial charge in [-0.1, -0.05) is 60.7 Å². The highest BCUT2D eigenvalue weighted by molar-refractivity contribution is 14.1. The fourth-order valence-electron chi connectivity index (χ4n) is 5.69. The van der Waals surface area contributed by atoms with Gasteiger partial charge in [0.15, 0.2) is 0 Å². The van der Waals surface area contributed by atoms with Crippen molar-refractivity contribution in [3.8, 4) is 0 Å². The van der Waals surface area contributed by atoms with Gasteiger partial charge in [0.05, 0.1) is 19.8 Å². The Bertz CT molecular complexity index is 1640. The maximum Gasteiger partial charge on any atom is 0.0701 e. The molecule has 1 atom stereocenters. The Kier molecular flexibility index (Phi) is 7.24. The Hall–Kier alpha value is -3.13. The number of fused-ring (bicyclic) bond motifs is 5. The predicted octanol–water partition coefficient (Wildman–Crippen LogP) is 7.99. The van der Waals surface area contributed by atoms with Crippen molar-refractivity contribution in [2.45, 2.75) is 12.5 Å². The molecule has 4 nitrogen and oxygen atoms in total. The van der Waals surface area contributed by atoms with E-state index in [0.717, 1.165) is 6.54 Å². The summed E-state index contributed by atoms with van der Waals surface area (Å²) in [6.07, 6.45) is 4.66. The Morgan fingerprint density at radius 1 is 0.816 bits per heavy atom. The van der Waals surface area contributed by atoms with E-state index in [9.17, 15) is 0 Å². The van der Waals surface area contributed by atoms with Crippen LogP contribution < -0.4 is 4.90 Å². The van der Waals surface area contributed by atoms with Crippen molar-refractivity contribution in [2.24, 2.45) is 0 Å². The lowest BCUT2D eigenvalue weighted by atomic mass is 9.84. The van der Waals surface area contributed by atoms with E-state index < -0.39 is 0 Å². The van der Waals surface area contributed by atoms with Crippen LogP contribution in [0.15, 0.2) is 91.0 Å². The zero-order valence-corrected chi connectivity index (χ0v) is 23.9. The smallest absolute Gasteiger partial charge is 0.0701 e. The molecule has 4 aromatic carbocycles. The van der Waals surface area contributed by atoms with Crippen LogP contribution in [0.1, 0.15) is 22.6 Å². The minimum absolute atomic E-state index is 0.201. The number of allylic oxidation sites excluding steroid dienone is 1. The molecule has 38 heavy (non-hydrogen) atoms. The second-order valence-electron chi connectivity index (χ2n) is 9.68. The summed E-state index contributed by atoms with van der Waals surface area (Å²) in [5, 5.41) is 2.55. The van der Waals surface area contributed by atoms with Crippen LogP contribution in [0.5, 0.6) is 0 Å². The molecule has 0 saturated heterocycles. The highest BCUT2D eigenvalue weighted by Crippen LogP contribution is 2.47. The third-order valence-electron chi connectivity index (χ3n) is 7.50. The molecular weight excluding hydrogens is 583 g/mol. The van der Waals surface area contributed by atoms with Crippen molar-refractivity contribution in [2.75, 3.05) is 38.9 Å². The van der Waals surface area contributed by atoms with E-state index in [4.69, 9.17) is 9.47 Å². The quantitative estimate of drug-likeness (QED) is 0.131. The van der Waals surface area contributed by atoms with E-state index in [0.29, 0.717) is 19.8 Å². The average molecular weight is 615 g/mol. The number of hydrogen-bond acceptors (Lipinski definition) is 3. The summed E-state index contributed by atoms with van der Waals surface area (Å²) < 4.78 is 14.6. The minimum Gasteiger partial charge on any atom is -0.382 e. The lowest BCUT2D eigenvalue weighted by Crippen LogP contribution is -2.21. The van der Waals surface area contributed by atoms with E-state index in [1.54, 1.807) is 7.11 Å². The Labute approximate surface area is 237 Å². The van der Waals surface area contributed by atoms with Crippen LogP contribution in [0.4, 0.5) is 11.4 Å². The van der Waals surface area contributed by atoms with Gasteiger partial charge >= 0.3 is 0 Å². The van der Waals surface area contributed by atoms with Gasteiger partial charge in [-0.2, -0.15) is 0 Å². The van der Waals surface area contributed by atoms with Gasteiger partial charge in [-0.3, -0.25) is 0 Å². The molecule has 0 spiro atoms. The molecule has 5 heteroatoms. The van der Waals surface area contributed by atoms with Crippen LogP contribution in [-0.4, -0.2) is 38.5 Å². The maximum absolute atomic E-state index is 5.79. The molecule has 6 rings (SSSR count). The van der Waals surface area contributed by atoms with Crippen LogP contribution in [-0.2, 0) is 16.0 Å². The lowest BCUT2D eigenvalue weighted by Gasteiger charge is -2.35. The van der Waals surface area contributed by atoms with Gasteiger partial charge in [-0.25, -0.2) is 0 Å². The van der Waals surface area contributed by atoms with E-state index in [1.165, 1.54) is 53.4 Å². The Morgan fingerprint density at radius 2 is 1.61 bits per heavy atom. The molecule has 1 aliphatic rings. The first kappa shape index (κ1) is 25.2. The summed E-state index contributed by atoms with van der Waals surface area (Å²) in [6.45, 7) is 2.70. The summed E-state index contributed by atoms with van der Waals surface area (Å²) in [6, 6.07) is 30.8. The fourth-order valence-corrected chi connectivity index (χ4v) is 6.51. The number of benzene rings is 4. The number of halogens is 1. The molecule has 0 bridgehead atoms. The first-order chi connectivity index (χ1) is 18.7. The van der Waals surface area contributed by atoms with Crippen molar-refractivity contribution in [1.82, 2.24) is 4.57 Å². The summed E-state index contributed by atoms with van der Waals surface area (Å²) in [7, 11) is 3.87. The molecule has 1 aliphatic heterocycles. The molecule has 2 heterocycles. The summed E-state index contributed by atoms with van der Waals surface area (Å²) in [5.41, 5.74) is 8.95. The summed E-state index contributed by atoms with van der Waals surface area (Å²) in [4.78, 5) is 2.32. The number of hydrogen-bond donors (Lipinski definition) is 0. The van der Waals surface area contributed by atoms with Crippen molar-refractivity contribution in [3.63, 3.8) is 0 Å². The maximum atomic E-state index is 5.79. The molecule has 1 aromatic heterocycles. The number of ether oxygens (including phenoxy) is 2. The lowest BCUT2D eigenvalue weighted by molar-refractivity contribution is 0.0673. The first-order valence-electron chi connectivity index (χ1n) is 13.0. The van der Waals surface area contributed by atoms with Crippen LogP contribution in [0, 0.1) is 3.57 Å². The van der Waals surface area contributed by atoms with Gasteiger partial charge in [-0.15, -0.1) is 0 Å². The average Bonchev–Trinajstić information content (AvgIpc) is 3.26. The van der Waals surface area contributed by atoms with Gasteiger partial charge < -0.3 is 18.9 Å². The Morgan fingerprint density at radius 3 is 2.50 bits per heavy atom. The number of para-hydroxylation sites is 2. The predicted molar refractivity (Wildman–Crippen MR) is 167 cm³/mol. The van der Waals surface area contributed by atoms with Gasteiger partial charge in [0.2, 0.25) is 0 Å². The van der Waals surface area contributed by atoms with E-state index >= 15 is 0 Å². The van der Waals surface area contributed by atoms with E-state index in [1.807, 2.05) is 0 Å². The molecule has 0 N–H and O–H groups in total. The summed E-state index contributed by atoms with van der Waals surface area (Å²) >= 11 is 2.48. The number of aromatic nitrogens is 1. The van der Waals surface area contributed by atoms with Gasteiger partial charge in [0, 0.05) is 68.9 Å². The van der Waals surface area contributed by atoms with Crippen LogP contribution in [0.25, 0.3) is 27.9 Å². The van der Waals surface area contributed by atoms with Gasteiger partial charge in [0.25, 0.3) is 0 Å². The van der Waals surface area contributed by atoms with Gasteiger partial charge in [-0.05, 0) is 70.1 Å². The fraction of sp³-hybridized carbons (Fsp3) is 0.212. The standard InChI is InChI=1S/C33H31IN2O2/c1-35-29-11-5-3-8-24(29)26(33-28(34)10-7-13-32(33)35)16-14-23-15-17-31-27(22-23)25-9-4-6-12-30(25)36(31)18-19-38-21-20-37-2/h3-17,22,26H,18-21H2,1-2H3. The molecule has 1 unspecified atom stereocenters. The largest absolute Gasteiger partial charge is 0.382 e. The SMILES string of the molecule is COCCOCCn1c2ccccc2c2cc(C=CC3c4ccccc4N(C)c4cccc(I)c43)ccc21. The zero-order chi connectivity index (χ0) is 26.1. The van der Waals surface area contributed by atoms with Crippen molar-refractivity contribution in [3.05, 3.63) is 111 Å². The van der Waals surface area contributed by atoms with E-state index in [-0.39, 0.29) is 5.92 Å². The number of methoxy groups -OCH3 is 1. The third-order valence-corrected chi connectivity index (χ3v) is 8.44. The monoisotopic (exact) mass is 614 g/mol. The molecule has 192 valence electrons. The first-order valence-corrected chi connectivity index (χ1v) is 14.1. The van der Waals surface area contributed by atoms with Gasteiger partial charge in [0.1, 0.15) is 0 Å². The topological polar surface area (TPSA) is 26.6 Å². The van der Waals surface area contributed by atoms with Crippen molar-refractivity contribution >= 4 is 61.8 Å². The van der Waals surface area contributed by atoms with Crippen LogP contribution in [0.2, 0.25) is 0 Å². The summed E-state index contributed by atoms with van der Waals surface area (Å²) in [5.74, 6) is 0.201. The second-order valence-corrected chi connectivity index (χ2v) is 10.8. The van der Waals surface area contributed by atoms with Crippen LogP contribution >= 0.6 is 22.6 Å². The molecule has 5 aromatic rings. The highest BCUT2D eigenvalue weighted by atomic mass is 127. The molecular formula is C33H31IN2O2. The highest BCUT2D eigenvalue weighted by Gasteiger charge is 2.28.